The normalized spacial score (nSPS) is 45.9. The molecule has 0 aromatic rings. The fraction of sp³-hybridized carbons (Fsp3) is 0.619. The Balaban J connectivity index is 1.94. The molecule has 0 aliphatic heterocycles. The fourth-order valence-electron chi connectivity index (χ4n) is 6.31. The Morgan fingerprint density at radius 1 is 1.13 bits per heavy atom. The summed E-state index contributed by atoms with van der Waals surface area (Å²) in [5, 5.41) is 0. The number of rotatable bonds is 0. The van der Waals surface area contributed by atoms with E-state index in [1.807, 2.05) is 0 Å². The molecule has 0 aromatic carbocycles. The van der Waals surface area contributed by atoms with Crippen molar-refractivity contribution >= 4 is 11.6 Å². The molecule has 0 N–H and O–H groups in total. The zero-order chi connectivity index (χ0) is 16.6. The van der Waals surface area contributed by atoms with Crippen molar-refractivity contribution in [3.05, 3.63) is 35.5 Å². The van der Waals surface area contributed by atoms with E-state index in [0.29, 0.717) is 11.8 Å². The van der Waals surface area contributed by atoms with Crippen LogP contribution in [0.1, 0.15) is 52.9 Å². The summed E-state index contributed by atoms with van der Waals surface area (Å²) in [6, 6.07) is 0. The molecule has 0 aromatic heterocycles. The maximum absolute atomic E-state index is 12.6. The molecular formula is C21H26O2. The molecule has 2 saturated carbocycles. The maximum Gasteiger partial charge on any atom is 0.182 e. The average Bonchev–Trinajstić information content (AvgIpc) is 2.51. The van der Waals surface area contributed by atoms with Crippen molar-refractivity contribution in [2.75, 3.05) is 0 Å². The molecule has 23 heavy (non-hydrogen) atoms. The lowest BCUT2D eigenvalue weighted by Crippen LogP contribution is -2.57. The van der Waals surface area contributed by atoms with Gasteiger partial charge in [-0.3, -0.25) is 9.59 Å². The van der Waals surface area contributed by atoms with Crippen LogP contribution in [0.2, 0.25) is 0 Å². The molecule has 5 atom stereocenters. The molecule has 4 aliphatic rings. The Hall–Kier alpha value is -1.44. The van der Waals surface area contributed by atoms with Crippen molar-refractivity contribution < 1.29 is 9.59 Å². The second kappa shape index (κ2) is 4.55. The van der Waals surface area contributed by atoms with Gasteiger partial charge < -0.3 is 0 Å². The molecule has 2 heteroatoms. The van der Waals surface area contributed by atoms with Gasteiger partial charge in [-0.1, -0.05) is 32.9 Å². The van der Waals surface area contributed by atoms with Gasteiger partial charge in [-0.25, -0.2) is 0 Å². The van der Waals surface area contributed by atoms with Gasteiger partial charge >= 0.3 is 0 Å². The summed E-state index contributed by atoms with van der Waals surface area (Å²) in [5.74, 6) is 1.42. The minimum Gasteiger partial charge on any atom is -0.290 e. The third-order valence-electron chi connectivity index (χ3n) is 7.79. The summed E-state index contributed by atoms with van der Waals surface area (Å²) in [6.07, 6.45) is 8.08. The topological polar surface area (TPSA) is 34.1 Å². The summed E-state index contributed by atoms with van der Waals surface area (Å²) in [6.45, 7) is 11.5. The standard InChI is InChI=1S/C21H26O2/c1-12-5-6-14-18-15(16(22)7-8-17(18)23)11-21(4)13(2)9-10-20(12,3)19(14)21/h7-8,13-14,19H,1,5-6,9-11H2,2-4H3. The van der Waals surface area contributed by atoms with Crippen LogP contribution in [0.3, 0.4) is 0 Å². The molecule has 122 valence electrons. The van der Waals surface area contributed by atoms with Crippen molar-refractivity contribution in [2.45, 2.75) is 52.9 Å². The van der Waals surface area contributed by atoms with Gasteiger partial charge in [-0.2, -0.15) is 0 Å². The smallest absolute Gasteiger partial charge is 0.182 e. The molecule has 5 unspecified atom stereocenters. The average molecular weight is 310 g/mol. The first-order valence-electron chi connectivity index (χ1n) is 8.97. The predicted molar refractivity (Wildman–Crippen MR) is 90.8 cm³/mol. The van der Waals surface area contributed by atoms with Crippen molar-refractivity contribution in [2.24, 2.45) is 28.6 Å². The lowest BCUT2D eigenvalue weighted by Gasteiger charge is -2.63. The van der Waals surface area contributed by atoms with E-state index in [4.69, 9.17) is 0 Å². The zero-order valence-electron chi connectivity index (χ0n) is 14.4. The van der Waals surface area contributed by atoms with E-state index in [0.717, 1.165) is 30.4 Å². The van der Waals surface area contributed by atoms with Crippen LogP contribution < -0.4 is 0 Å². The van der Waals surface area contributed by atoms with Crippen molar-refractivity contribution in [3.8, 4) is 0 Å². The van der Waals surface area contributed by atoms with Crippen LogP contribution in [0.15, 0.2) is 35.5 Å². The third kappa shape index (κ3) is 1.75. The zero-order valence-corrected chi connectivity index (χ0v) is 14.4. The number of hydrogen-bond donors (Lipinski definition) is 0. The van der Waals surface area contributed by atoms with E-state index in [1.54, 1.807) is 0 Å². The Morgan fingerprint density at radius 3 is 2.57 bits per heavy atom. The summed E-state index contributed by atoms with van der Waals surface area (Å²) in [7, 11) is 0. The van der Waals surface area contributed by atoms with E-state index in [1.165, 1.54) is 30.6 Å². The van der Waals surface area contributed by atoms with Gasteiger partial charge in [0.15, 0.2) is 11.6 Å². The Labute approximate surface area is 138 Å². The molecule has 2 fully saturated rings. The second-order valence-corrected chi connectivity index (χ2v) is 8.72. The third-order valence-corrected chi connectivity index (χ3v) is 7.79. The number of hydrogen-bond acceptors (Lipinski definition) is 2. The number of fused-ring (bicyclic) bond motifs is 1. The van der Waals surface area contributed by atoms with Crippen LogP contribution >= 0.6 is 0 Å². The van der Waals surface area contributed by atoms with Crippen molar-refractivity contribution in [3.63, 3.8) is 0 Å². The lowest BCUT2D eigenvalue weighted by atomic mass is 9.40. The van der Waals surface area contributed by atoms with Gasteiger partial charge in [0, 0.05) is 11.1 Å². The minimum atomic E-state index is 0.0724. The fourth-order valence-corrected chi connectivity index (χ4v) is 6.31. The molecule has 0 heterocycles. The van der Waals surface area contributed by atoms with E-state index < -0.39 is 0 Å². The van der Waals surface area contributed by atoms with E-state index in [9.17, 15) is 9.59 Å². The SMILES string of the molecule is C=C1CCC2C3=C(CC4(C)C(C)CCC1(C)C24)C(=O)C=CC3=O. The monoisotopic (exact) mass is 310 g/mol. The Kier molecular flexibility index (Phi) is 2.99. The number of allylic oxidation sites excluding steroid dienone is 5. The van der Waals surface area contributed by atoms with Gasteiger partial charge in [0.1, 0.15) is 0 Å². The van der Waals surface area contributed by atoms with Gasteiger partial charge in [-0.15, -0.1) is 0 Å². The first-order chi connectivity index (χ1) is 10.8. The second-order valence-electron chi connectivity index (χ2n) is 8.72. The summed E-state index contributed by atoms with van der Waals surface area (Å²) < 4.78 is 0. The highest BCUT2D eigenvalue weighted by molar-refractivity contribution is 6.20. The molecule has 0 bridgehead atoms. The highest BCUT2D eigenvalue weighted by atomic mass is 16.1. The molecule has 0 radical (unpaired) electrons. The molecular weight excluding hydrogens is 284 g/mol. The summed E-state index contributed by atoms with van der Waals surface area (Å²) >= 11 is 0. The van der Waals surface area contributed by atoms with E-state index in [-0.39, 0.29) is 28.3 Å². The van der Waals surface area contributed by atoms with E-state index in [2.05, 4.69) is 27.4 Å². The van der Waals surface area contributed by atoms with Crippen LogP contribution in [0.4, 0.5) is 0 Å². The number of ketones is 2. The Morgan fingerprint density at radius 2 is 1.83 bits per heavy atom. The molecule has 0 spiro atoms. The summed E-state index contributed by atoms with van der Waals surface area (Å²) in [5.41, 5.74) is 3.26. The van der Waals surface area contributed by atoms with Gasteiger partial charge in [-0.05, 0) is 72.8 Å². The largest absolute Gasteiger partial charge is 0.290 e. The minimum absolute atomic E-state index is 0.0724. The number of carbonyl (C=O) groups is 2. The molecule has 0 amide bonds. The van der Waals surface area contributed by atoms with Crippen LogP contribution in [0, 0.1) is 28.6 Å². The molecule has 0 saturated heterocycles. The lowest BCUT2D eigenvalue weighted by molar-refractivity contribution is -0.122. The van der Waals surface area contributed by atoms with Gasteiger partial charge in [0.05, 0.1) is 0 Å². The van der Waals surface area contributed by atoms with Crippen LogP contribution in [-0.4, -0.2) is 11.6 Å². The van der Waals surface area contributed by atoms with Crippen LogP contribution in [-0.2, 0) is 9.59 Å². The maximum atomic E-state index is 12.6. The van der Waals surface area contributed by atoms with Gasteiger partial charge in [0.25, 0.3) is 0 Å². The molecule has 4 rings (SSSR count). The van der Waals surface area contributed by atoms with Crippen LogP contribution in [0.25, 0.3) is 0 Å². The van der Waals surface area contributed by atoms with E-state index >= 15 is 0 Å². The van der Waals surface area contributed by atoms with Crippen molar-refractivity contribution in [1.29, 1.82) is 0 Å². The van der Waals surface area contributed by atoms with Crippen molar-refractivity contribution in [1.82, 2.24) is 0 Å². The predicted octanol–water partition coefficient (Wildman–Crippen LogP) is 4.42. The Bertz CT molecular complexity index is 695. The molecule has 2 nitrogen and oxygen atoms in total. The first-order valence-corrected chi connectivity index (χ1v) is 8.97. The summed E-state index contributed by atoms with van der Waals surface area (Å²) in [4.78, 5) is 25.1. The molecule has 4 aliphatic carbocycles. The highest BCUT2D eigenvalue weighted by Gasteiger charge is 2.61. The first kappa shape index (κ1) is 15.1. The quantitative estimate of drug-likeness (QED) is 0.490. The highest BCUT2D eigenvalue weighted by Crippen LogP contribution is 2.68. The van der Waals surface area contributed by atoms with Gasteiger partial charge in [0.2, 0.25) is 0 Å². The number of carbonyl (C=O) groups excluding carboxylic acids is 2. The van der Waals surface area contributed by atoms with Crippen LogP contribution in [0.5, 0.6) is 0 Å².